The summed E-state index contributed by atoms with van der Waals surface area (Å²) in [6.45, 7) is 0.971. The lowest BCUT2D eigenvalue weighted by molar-refractivity contribution is 0.444. The van der Waals surface area contributed by atoms with Crippen LogP contribution in [-0.2, 0) is 13.0 Å². The molecule has 1 aliphatic heterocycles. The number of nitrogens with two attached hydrogens (primary N) is 1. The fourth-order valence-electron chi connectivity index (χ4n) is 2.38. The van der Waals surface area contributed by atoms with Crippen LogP contribution in [-0.4, -0.2) is 14.8 Å². The van der Waals surface area contributed by atoms with Crippen LogP contribution in [0.15, 0.2) is 24.3 Å². The minimum atomic E-state index is 0.0326. The van der Waals surface area contributed by atoms with E-state index in [-0.39, 0.29) is 6.04 Å². The maximum Gasteiger partial charge on any atom is 0.149 e. The van der Waals surface area contributed by atoms with Crippen LogP contribution in [0.2, 0.25) is 5.02 Å². The molecular formula is C13H15ClN4. The highest BCUT2D eigenvalue weighted by atomic mass is 35.5. The summed E-state index contributed by atoms with van der Waals surface area (Å²) >= 11 is 5.88. The number of fused-ring (bicyclic) bond motifs is 1. The van der Waals surface area contributed by atoms with E-state index in [0.29, 0.717) is 0 Å². The molecule has 1 aliphatic rings. The van der Waals surface area contributed by atoms with E-state index < -0.39 is 0 Å². The topological polar surface area (TPSA) is 56.7 Å². The van der Waals surface area contributed by atoms with E-state index >= 15 is 0 Å². The van der Waals surface area contributed by atoms with Gasteiger partial charge >= 0.3 is 0 Å². The second kappa shape index (κ2) is 4.71. The van der Waals surface area contributed by atoms with Crippen LogP contribution >= 0.6 is 11.6 Å². The lowest BCUT2D eigenvalue weighted by Crippen LogP contribution is -2.23. The summed E-state index contributed by atoms with van der Waals surface area (Å²) in [5, 5.41) is 9.23. The van der Waals surface area contributed by atoms with Gasteiger partial charge in [0.2, 0.25) is 0 Å². The zero-order valence-corrected chi connectivity index (χ0v) is 10.8. The maximum atomic E-state index is 6.03. The van der Waals surface area contributed by atoms with Gasteiger partial charge in [0.1, 0.15) is 11.6 Å². The molecule has 0 fully saturated rings. The lowest BCUT2D eigenvalue weighted by atomic mass is 10.1. The Morgan fingerprint density at radius 3 is 2.83 bits per heavy atom. The zero-order chi connectivity index (χ0) is 12.5. The maximum absolute atomic E-state index is 6.03. The second-order valence-corrected chi connectivity index (χ2v) is 5.11. The summed E-state index contributed by atoms with van der Waals surface area (Å²) in [6, 6.07) is 7.87. The third-order valence-corrected chi connectivity index (χ3v) is 3.61. The molecular weight excluding hydrogens is 248 g/mol. The molecule has 1 aromatic heterocycles. The van der Waals surface area contributed by atoms with Gasteiger partial charge in [0, 0.05) is 18.0 Å². The number of halogens is 1. The Bertz CT molecular complexity index is 547. The zero-order valence-electron chi connectivity index (χ0n) is 10.0. The Morgan fingerprint density at radius 1 is 1.28 bits per heavy atom. The van der Waals surface area contributed by atoms with Crippen LogP contribution in [0.3, 0.4) is 0 Å². The number of aromatic nitrogens is 3. The molecule has 18 heavy (non-hydrogen) atoms. The molecule has 94 valence electrons. The van der Waals surface area contributed by atoms with Crippen LogP contribution in [0.4, 0.5) is 0 Å². The van der Waals surface area contributed by atoms with Crippen molar-refractivity contribution in [2.75, 3.05) is 0 Å². The first kappa shape index (κ1) is 11.7. The van der Waals surface area contributed by atoms with Crippen LogP contribution in [0.1, 0.15) is 36.1 Å². The van der Waals surface area contributed by atoms with Crippen molar-refractivity contribution in [3.8, 4) is 0 Å². The highest BCUT2D eigenvalue weighted by molar-refractivity contribution is 6.30. The third kappa shape index (κ3) is 2.13. The van der Waals surface area contributed by atoms with Gasteiger partial charge in [-0.3, -0.25) is 0 Å². The van der Waals surface area contributed by atoms with Gasteiger partial charge in [-0.15, -0.1) is 10.2 Å². The van der Waals surface area contributed by atoms with Crippen molar-refractivity contribution < 1.29 is 0 Å². The van der Waals surface area contributed by atoms with Crippen molar-refractivity contribution in [3.63, 3.8) is 0 Å². The van der Waals surface area contributed by atoms with Crippen LogP contribution in [0, 0.1) is 0 Å². The van der Waals surface area contributed by atoms with Gasteiger partial charge in [0.05, 0.1) is 6.04 Å². The summed E-state index contributed by atoms with van der Waals surface area (Å²) < 4.78 is 2.16. The predicted octanol–water partition coefficient (Wildman–Crippen LogP) is 2.32. The van der Waals surface area contributed by atoms with E-state index in [1.165, 1.54) is 5.56 Å². The smallest absolute Gasteiger partial charge is 0.149 e. The molecule has 0 bridgehead atoms. The van der Waals surface area contributed by atoms with Crippen LogP contribution in [0.25, 0.3) is 0 Å². The van der Waals surface area contributed by atoms with Gasteiger partial charge in [0.25, 0.3) is 0 Å². The first-order valence-corrected chi connectivity index (χ1v) is 6.54. The third-order valence-electron chi connectivity index (χ3n) is 3.36. The van der Waals surface area contributed by atoms with Crippen molar-refractivity contribution in [3.05, 3.63) is 46.5 Å². The van der Waals surface area contributed by atoms with Crippen molar-refractivity contribution in [1.82, 2.24) is 14.8 Å². The Kier molecular flexibility index (Phi) is 3.06. The average molecular weight is 263 g/mol. The predicted molar refractivity (Wildman–Crippen MR) is 70.4 cm³/mol. The van der Waals surface area contributed by atoms with E-state index in [1.807, 2.05) is 24.3 Å². The van der Waals surface area contributed by atoms with Crippen molar-refractivity contribution >= 4 is 11.6 Å². The van der Waals surface area contributed by atoms with Crippen LogP contribution < -0.4 is 5.73 Å². The van der Waals surface area contributed by atoms with E-state index in [2.05, 4.69) is 14.8 Å². The quantitative estimate of drug-likeness (QED) is 0.904. The molecule has 1 atom stereocenters. The standard InChI is InChI=1S/C13H15ClN4/c14-10-5-3-9(4-6-10)8-12-16-17-13-11(15)2-1-7-18(12)13/h3-6,11H,1-2,7-8,15H2. The summed E-state index contributed by atoms with van der Waals surface area (Å²) in [4.78, 5) is 0. The first-order chi connectivity index (χ1) is 8.74. The second-order valence-electron chi connectivity index (χ2n) is 4.68. The van der Waals surface area contributed by atoms with Gasteiger partial charge in [-0.1, -0.05) is 23.7 Å². The molecule has 2 aromatic rings. The Balaban J connectivity index is 1.87. The van der Waals surface area contributed by atoms with Gasteiger partial charge in [0.15, 0.2) is 0 Å². The Labute approximate surface area is 111 Å². The molecule has 2 heterocycles. The number of benzene rings is 1. The fraction of sp³-hybridized carbons (Fsp3) is 0.385. The molecule has 1 aromatic carbocycles. The van der Waals surface area contributed by atoms with Crippen molar-refractivity contribution in [2.24, 2.45) is 5.73 Å². The normalized spacial score (nSPS) is 18.7. The molecule has 0 aliphatic carbocycles. The molecule has 4 nitrogen and oxygen atoms in total. The minimum absolute atomic E-state index is 0.0326. The van der Waals surface area contributed by atoms with Crippen molar-refractivity contribution in [1.29, 1.82) is 0 Å². The van der Waals surface area contributed by atoms with Gasteiger partial charge in [-0.05, 0) is 30.5 Å². The van der Waals surface area contributed by atoms with Crippen LogP contribution in [0.5, 0.6) is 0 Å². The molecule has 0 saturated heterocycles. The number of hydrogen-bond donors (Lipinski definition) is 1. The highest BCUT2D eigenvalue weighted by Gasteiger charge is 2.21. The number of rotatable bonds is 2. The summed E-state index contributed by atoms with van der Waals surface area (Å²) in [5.74, 6) is 1.91. The van der Waals surface area contributed by atoms with E-state index in [1.54, 1.807) is 0 Å². The molecule has 2 N–H and O–H groups in total. The summed E-state index contributed by atoms with van der Waals surface area (Å²) in [7, 11) is 0. The first-order valence-electron chi connectivity index (χ1n) is 6.16. The molecule has 0 spiro atoms. The van der Waals surface area contributed by atoms with E-state index in [4.69, 9.17) is 17.3 Å². The summed E-state index contributed by atoms with van der Waals surface area (Å²) in [6.07, 6.45) is 2.87. The SMILES string of the molecule is NC1CCCn2c(Cc3ccc(Cl)cc3)nnc21. The van der Waals surface area contributed by atoms with Gasteiger partial charge in [-0.25, -0.2) is 0 Å². The van der Waals surface area contributed by atoms with E-state index in [9.17, 15) is 0 Å². The molecule has 0 amide bonds. The monoisotopic (exact) mass is 262 g/mol. The summed E-state index contributed by atoms with van der Waals surface area (Å²) in [5.41, 5.74) is 7.22. The van der Waals surface area contributed by atoms with Gasteiger partial charge < -0.3 is 10.3 Å². The lowest BCUT2D eigenvalue weighted by Gasteiger charge is -2.20. The minimum Gasteiger partial charge on any atom is -0.321 e. The Morgan fingerprint density at radius 2 is 2.06 bits per heavy atom. The molecule has 1 unspecified atom stereocenters. The number of nitrogens with zero attached hydrogens (tertiary/aromatic N) is 3. The fourth-order valence-corrected chi connectivity index (χ4v) is 2.51. The molecule has 3 rings (SSSR count). The highest BCUT2D eigenvalue weighted by Crippen LogP contribution is 2.23. The van der Waals surface area contributed by atoms with E-state index in [0.717, 1.165) is 42.5 Å². The largest absolute Gasteiger partial charge is 0.321 e. The van der Waals surface area contributed by atoms with Crippen molar-refractivity contribution in [2.45, 2.75) is 31.8 Å². The molecule has 0 radical (unpaired) electrons. The van der Waals surface area contributed by atoms with Gasteiger partial charge in [-0.2, -0.15) is 0 Å². The molecule has 0 saturated carbocycles. The molecule has 5 heteroatoms. The Hall–Kier alpha value is -1.39. The number of hydrogen-bond acceptors (Lipinski definition) is 3. The average Bonchev–Trinajstić information content (AvgIpc) is 2.77.